The van der Waals surface area contributed by atoms with Gasteiger partial charge in [-0.25, -0.2) is 13.4 Å². The number of rotatable bonds is 2. The van der Waals surface area contributed by atoms with E-state index in [2.05, 4.69) is 15.2 Å². The minimum absolute atomic E-state index is 0.0127. The van der Waals surface area contributed by atoms with Crippen LogP contribution in [0, 0.1) is 0 Å². The molecule has 0 saturated heterocycles. The summed E-state index contributed by atoms with van der Waals surface area (Å²) in [5, 5.41) is 7.31. The van der Waals surface area contributed by atoms with Crippen LogP contribution in [0.15, 0.2) is 40.5 Å². The largest absolute Gasteiger partial charge is 0.245 e. The van der Waals surface area contributed by atoms with E-state index in [1.165, 1.54) is 18.3 Å². The highest BCUT2D eigenvalue weighted by atomic mass is 32.2. The van der Waals surface area contributed by atoms with Crippen molar-refractivity contribution in [3.8, 4) is 0 Å². The number of pyridine rings is 1. The Hall–Kier alpha value is -1.69. The van der Waals surface area contributed by atoms with Gasteiger partial charge in [-0.2, -0.15) is 5.10 Å². The molecule has 84 valence electrons. The Bertz CT molecular complexity index is 575. The highest BCUT2D eigenvalue weighted by Crippen LogP contribution is 2.13. The number of nitrogens with zero attached hydrogens (tertiary/aromatic N) is 3. The van der Waals surface area contributed by atoms with Gasteiger partial charge in [-0.15, -0.1) is 5.10 Å². The smallest absolute Gasteiger partial charge is 0.242 e. The molecule has 2 aromatic rings. The number of aromatic nitrogens is 3. The van der Waals surface area contributed by atoms with Crippen LogP contribution in [0.5, 0.6) is 0 Å². The maximum absolute atomic E-state index is 12.1. The third kappa shape index (κ3) is 2.36. The van der Waals surface area contributed by atoms with E-state index in [9.17, 15) is 8.42 Å². The molecule has 2 heterocycles. The van der Waals surface area contributed by atoms with E-state index in [-0.39, 0.29) is 10.1 Å². The summed E-state index contributed by atoms with van der Waals surface area (Å²) in [4.78, 5) is 3.89. The van der Waals surface area contributed by atoms with Crippen LogP contribution in [0.4, 0.5) is 0 Å². The molecule has 0 spiro atoms. The molecule has 0 fully saturated rings. The zero-order valence-electron chi connectivity index (χ0n) is 9.45. The van der Waals surface area contributed by atoms with Gasteiger partial charge in [0.2, 0.25) is 9.84 Å². The monoisotopic (exact) mass is 245 g/mol. The Morgan fingerprint density at radius 2 is 1.65 bits per heavy atom. The van der Waals surface area contributed by atoms with E-state index in [1.807, 2.05) is 7.85 Å². The lowest BCUT2D eigenvalue weighted by Crippen LogP contribution is -2.15. The van der Waals surface area contributed by atoms with E-state index in [1.54, 1.807) is 20.0 Å². The molecule has 2 rings (SSSR count). The molecule has 0 N–H and O–H groups in total. The molecule has 0 aliphatic carbocycles. The van der Waals surface area contributed by atoms with Crippen molar-refractivity contribution < 1.29 is 8.42 Å². The first-order chi connectivity index (χ1) is 8.00. The van der Waals surface area contributed by atoms with E-state index >= 15 is 0 Å². The predicted octanol–water partition coefficient (Wildman–Crippen LogP) is -2.78. The second kappa shape index (κ2) is 4.29. The Labute approximate surface area is 101 Å². The van der Waals surface area contributed by atoms with Gasteiger partial charge in [-0.3, -0.25) is 0 Å². The molecule has 0 aliphatic heterocycles. The average Bonchev–Trinajstić information content (AvgIpc) is 2.30. The summed E-state index contributed by atoms with van der Waals surface area (Å²) in [5.41, 5.74) is 1.57. The summed E-state index contributed by atoms with van der Waals surface area (Å²) in [6.07, 6.45) is 1.51. The van der Waals surface area contributed by atoms with Crippen LogP contribution in [0.3, 0.4) is 0 Å². The van der Waals surface area contributed by atoms with Gasteiger partial charge in [0.15, 0.2) is 17.9 Å². The van der Waals surface area contributed by atoms with Crippen LogP contribution < -0.4 is 11.1 Å². The van der Waals surface area contributed by atoms with E-state index in [0.29, 0.717) is 5.59 Å². The molecule has 0 bridgehead atoms. The van der Waals surface area contributed by atoms with Crippen molar-refractivity contribution in [2.24, 2.45) is 0 Å². The van der Waals surface area contributed by atoms with Gasteiger partial charge >= 0.3 is 0 Å². The molecule has 0 amide bonds. The third-order valence-corrected chi connectivity index (χ3v) is 3.77. The van der Waals surface area contributed by atoms with Gasteiger partial charge in [0, 0.05) is 11.8 Å². The fourth-order valence-electron chi connectivity index (χ4n) is 1.25. The van der Waals surface area contributed by atoms with Gasteiger partial charge < -0.3 is 0 Å². The summed E-state index contributed by atoms with van der Waals surface area (Å²) in [7, 11) is -0.0713. The van der Waals surface area contributed by atoms with Crippen LogP contribution in [-0.4, -0.2) is 39.3 Å². The number of hydrogen-bond donors (Lipinski definition) is 0. The molecular weight excluding hydrogens is 236 g/mol. The summed E-state index contributed by atoms with van der Waals surface area (Å²) in [6, 6.07) is 6.20. The average molecular weight is 245 g/mol. The van der Waals surface area contributed by atoms with Crippen LogP contribution in [-0.2, 0) is 9.84 Å². The topological polar surface area (TPSA) is 72.8 Å². The Kier molecular flexibility index (Phi) is 2.97. The second-order valence-electron chi connectivity index (χ2n) is 3.69. The Balaban J connectivity index is 2.50. The molecule has 0 radical (unpaired) electrons. The minimum atomic E-state index is -3.66. The van der Waals surface area contributed by atoms with Crippen LogP contribution >= 0.6 is 0 Å². The van der Waals surface area contributed by atoms with Crippen molar-refractivity contribution in [2.45, 2.75) is 10.1 Å². The lowest BCUT2D eigenvalue weighted by Gasteiger charge is -2.02. The molecule has 5 nitrogen and oxygen atoms in total. The van der Waals surface area contributed by atoms with Crippen molar-refractivity contribution >= 4 is 36.6 Å². The fraction of sp³-hybridized carbons (Fsp3) is 0. The van der Waals surface area contributed by atoms with E-state index in [0.717, 1.165) is 5.46 Å². The molecule has 0 aromatic carbocycles. The molecule has 0 aliphatic rings. The molecule has 0 unspecified atom stereocenters. The summed E-state index contributed by atoms with van der Waals surface area (Å²) in [5.74, 6) is 0. The lowest BCUT2D eigenvalue weighted by atomic mass is 9.99. The fourth-order valence-corrected chi connectivity index (χ4v) is 2.30. The zero-order valence-corrected chi connectivity index (χ0v) is 10.3. The quantitative estimate of drug-likeness (QED) is 0.535. The summed E-state index contributed by atoms with van der Waals surface area (Å²) in [6.45, 7) is 0. The maximum atomic E-state index is 12.1. The molecule has 0 atom stereocenters. The number of sulfone groups is 1. The first kappa shape index (κ1) is 11.8. The summed E-state index contributed by atoms with van der Waals surface area (Å²) < 4.78 is 24.2. The SMILES string of the molecule is Bc1ccc(S(=O)(=O)c2ccc(B)nn2)nc1. The zero-order chi connectivity index (χ0) is 12.5. The van der Waals surface area contributed by atoms with Crippen molar-refractivity contribution in [2.75, 3.05) is 0 Å². The van der Waals surface area contributed by atoms with Gasteiger partial charge in [0.25, 0.3) is 0 Å². The van der Waals surface area contributed by atoms with Crippen molar-refractivity contribution in [1.29, 1.82) is 0 Å². The van der Waals surface area contributed by atoms with Crippen molar-refractivity contribution in [3.63, 3.8) is 0 Å². The first-order valence-corrected chi connectivity index (χ1v) is 6.46. The standard InChI is InChI=1S/C9H9B2N3O2S/c10-6-1-3-8(12-5-6)17(15,16)9-4-2-7(11)13-14-9/h1-5H,10-11H2. The minimum Gasteiger partial charge on any atom is -0.245 e. The third-order valence-electron chi connectivity index (χ3n) is 2.21. The Morgan fingerprint density at radius 3 is 2.18 bits per heavy atom. The molecular formula is C9H9B2N3O2S. The van der Waals surface area contributed by atoms with Crippen LogP contribution in [0.25, 0.3) is 0 Å². The molecule has 0 saturated carbocycles. The normalized spacial score (nSPS) is 11.3. The molecule has 2 aromatic heterocycles. The van der Waals surface area contributed by atoms with E-state index < -0.39 is 9.84 Å². The Morgan fingerprint density at radius 1 is 0.941 bits per heavy atom. The van der Waals surface area contributed by atoms with Gasteiger partial charge in [0.1, 0.15) is 7.85 Å². The second-order valence-corrected chi connectivity index (χ2v) is 5.53. The van der Waals surface area contributed by atoms with Gasteiger partial charge in [-0.1, -0.05) is 11.5 Å². The van der Waals surface area contributed by atoms with Crippen LogP contribution in [0.2, 0.25) is 0 Å². The van der Waals surface area contributed by atoms with Gasteiger partial charge in [0.05, 0.1) is 0 Å². The lowest BCUT2D eigenvalue weighted by molar-refractivity contribution is 0.586. The highest BCUT2D eigenvalue weighted by Gasteiger charge is 2.20. The van der Waals surface area contributed by atoms with E-state index in [4.69, 9.17) is 0 Å². The highest BCUT2D eigenvalue weighted by molar-refractivity contribution is 7.91. The summed E-state index contributed by atoms with van der Waals surface area (Å²) >= 11 is 0. The first-order valence-electron chi connectivity index (χ1n) is 4.98. The predicted molar refractivity (Wildman–Crippen MR) is 68.1 cm³/mol. The van der Waals surface area contributed by atoms with Crippen LogP contribution in [0.1, 0.15) is 0 Å². The van der Waals surface area contributed by atoms with Crippen molar-refractivity contribution in [3.05, 3.63) is 30.5 Å². The van der Waals surface area contributed by atoms with Gasteiger partial charge in [-0.05, 0) is 18.2 Å². The molecule has 17 heavy (non-hydrogen) atoms. The van der Waals surface area contributed by atoms with Crippen molar-refractivity contribution in [1.82, 2.24) is 15.2 Å². The molecule has 8 heteroatoms. The number of hydrogen-bond acceptors (Lipinski definition) is 5. The maximum Gasteiger partial charge on any atom is 0.242 e.